The molecular weight excluding hydrogens is 291 g/mol. The zero-order valence-electron chi connectivity index (χ0n) is 10.7. The Morgan fingerprint density at radius 2 is 1.81 bits per heavy atom. The Morgan fingerprint density at radius 1 is 1.24 bits per heavy atom. The molecule has 1 saturated carbocycles. The first kappa shape index (κ1) is 14.6. The van der Waals surface area contributed by atoms with Gasteiger partial charge in [-0.1, -0.05) is 0 Å². The number of hydrogen-bond acceptors (Lipinski definition) is 7. The fraction of sp³-hybridized carbons (Fsp3) is 0.364. The summed E-state index contributed by atoms with van der Waals surface area (Å²) in [4.78, 5) is 31.0. The largest absolute Gasteiger partial charge is 0.468 e. The van der Waals surface area contributed by atoms with E-state index in [0.29, 0.717) is 12.1 Å². The van der Waals surface area contributed by atoms with Crippen molar-refractivity contribution in [3.05, 3.63) is 38.2 Å². The highest BCUT2D eigenvalue weighted by Crippen LogP contribution is 2.44. The Bertz CT molecular complexity index is 642. The van der Waals surface area contributed by atoms with Crippen LogP contribution in [0.4, 0.5) is 15.8 Å². The van der Waals surface area contributed by atoms with E-state index in [0.717, 1.165) is 7.11 Å². The number of methoxy groups -OCH3 is 1. The lowest BCUT2D eigenvalue weighted by atomic mass is 10.2. The monoisotopic (exact) mass is 300 g/mol. The van der Waals surface area contributed by atoms with Crippen molar-refractivity contribution in [1.29, 1.82) is 0 Å². The molecule has 1 aliphatic carbocycles. The Balaban J connectivity index is 2.44. The van der Waals surface area contributed by atoms with Gasteiger partial charge in [0.1, 0.15) is 6.07 Å². The number of nitro benzene ring substituents is 2. The molecule has 0 unspecified atom stereocenters. The van der Waals surface area contributed by atoms with Crippen molar-refractivity contribution in [2.75, 3.05) is 7.11 Å². The van der Waals surface area contributed by atoms with Gasteiger partial charge in [0.25, 0.3) is 0 Å². The van der Waals surface area contributed by atoms with Crippen LogP contribution in [0, 0.1) is 26.0 Å². The van der Waals surface area contributed by atoms with E-state index in [-0.39, 0.29) is 12.8 Å². The van der Waals surface area contributed by atoms with Crippen molar-refractivity contribution in [3.63, 3.8) is 0 Å². The third kappa shape index (κ3) is 2.59. The predicted octanol–water partition coefficient (Wildman–Crippen LogP) is 1.73. The predicted molar refractivity (Wildman–Crippen MR) is 64.3 cm³/mol. The van der Waals surface area contributed by atoms with E-state index in [1.165, 1.54) is 0 Å². The zero-order chi connectivity index (χ0) is 15.8. The quantitative estimate of drug-likeness (QED) is 0.461. The number of carbonyl (C=O) groups excluding carboxylic acids is 1. The highest BCUT2D eigenvalue weighted by atomic mass is 19.1. The van der Waals surface area contributed by atoms with Gasteiger partial charge < -0.3 is 9.47 Å². The van der Waals surface area contributed by atoms with Crippen LogP contribution in [0.1, 0.15) is 12.8 Å². The van der Waals surface area contributed by atoms with E-state index in [4.69, 9.17) is 4.74 Å². The van der Waals surface area contributed by atoms with Gasteiger partial charge in [-0.15, -0.1) is 0 Å². The van der Waals surface area contributed by atoms with Crippen molar-refractivity contribution >= 4 is 17.3 Å². The van der Waals surface area contributed by atoms with E-state index in [2.05, 4.69) is 4.74 Å². The first-order valence-corrected chi connectivity index (χ1v) is 5.70. The molecule has 21 heavy (non-hydrogen) atoms. The van der Waals surface area contributed by atoms with Gasteiger partial charge in [-0.05, 0) is 0 Å². The number of nitrogens with zero attached hydrogens (tertiary/aromatic N) is 2. The van der Waals surface area contributed by atoms with Crippen LogP contribution < -0.4 is 4.74 Å². The molecule has 2 rings (SSSR count). The summed E-state index contributed by atoms with van der Waals surface area (Å²) < 4.78 is 23.3. The molecule has 1 aliphatic rings. The number of halogens is 1. The van der Waals surface area contributed by atoms with Crippen molar-refractivity contribution in [2.45, 2.75) is 18.4 Å². The Hall–Kier alpha value is -2.78. The third-order valence-electron chi connectivity index (χ3n) is 2.99. The summed E-state index contributed by atoms with van der Waals surface area (Å²) in [6.45, 7) is 0. The maximum Gasteiger partial charge on any atom is 0.350 e. The highest BCUT2D eigenvalue weighted by molar-refractivity contribution is 5.83. The van der Waals surface area contributed by atoms with Gasteiger partial charge in [-0.25, -0.2) is 4.79 Å². The number of esters is 1. The highest BCUT2D eigenvalue weighted by Gasteiger charge is 2.55. The molecule has 0 amide bonds. The van der Waals surface area contributed by atoms with Gasteiger partial charge in [0.15, 0.2) is 0 Å². The third-order valence-corrected chi connectivity index (χ3v) is 2.99. The normalized spacial score (nSPS) is 15.1. The van der Waals surface area contributed by atoms with Crippen molar-refractivity contribution in [1.82, 2.24) is 0 Å². The van der Waals surface area contributed by atoms with Crippen molar-refractivity contribution in [3.8, 4) is 5.75 Å². The minimum atomic E-state index is -1.39. The van der Waals surface area contributed by atoms with Gasteiger partial charge >= 0.3 is 17.3 Å². The number of benzene rings is 1. The van der Waals surface area contributed by atoms with Crippen LogP contribution in [0.5, 0.6) is 5.75 Å². The average molecular weight is 300 g/mol. The summed E-state index contributed by atoms with van der Waals surface area (Å²) >= 11 is 0. The number of nitro groups is 2. The van der Waals surface area contributed by atoms with Crippen LogP contribution in [0.15, 0.2) is 12.1 Å². The van der Waals surface area contributed by atoms with Crippen LogP contribution in [0.2, 0.25) is 0 Å². The maximum absolute atomic E-state index is 13.6. The lowest BCUT2D eigenvalue weighted by Gasteiger charge is -2.15. The summed E-state index contributed by atoms with van der Waals surface area (Å²) in [5.41, 5.74) is -3.22. The summed E-state index contributed by atoms with van der Waals surface area (Å²) in [6, 6.07) is 0.983. The van der Waals surface area contributed by atoms with Crippen LogP contribution in [-0.2, 0) is 9.53 Å². The van der Waals surface area contributed by atoms with Gasteiger partial charge in [0.05, 0.1) is 17.0 Å². The minimum Gasteiger partial charge on any atom is -0.468 e. The van der Waals surface area contributed by atoms with Crippen LogP contribution >= 0.6 is 0 Å². The molecule has 112 valence electrons. The van der Waals surface area contributed by atoms with E-state index in [1.807, 2.05) is 0 Å². The van der Waals surface area contributed by atoms with Gasteiger partial charge in [0.2, 0.25) is 17.2 Å². The summed E-state index contributed by atoms with van der Waals surface area (Å²) in [7, 11) is 1.12. The Kier molecular flexibility index (Phi) is 3.45. The summed E-state index contributed by atoms with van der Waals surface area (Å²) in [5.74, 6) is -2.58. The molecule has 0 aromatic heterocycles. The fourth-order valence-electron chi connectivity index (χ4n) is 1.75. The van der Waals surface area contributed by atoms with Gasteiger partial charge in [-0.3, -0.25) is 20.2 Å². The van der Waals surface area contributed by atoms with Gasteiger partial charge in [0, 0.05) is 18.9 Å². The topological polar surface area (TPSA) is 122 Å². The molecule has 10 heteroatoms. The number of rotatable bonds is 5. The molecule has 1 aromatic rings. The van der Waals surface area contributed by atoms with E-state index >= 15 is 0 Å². The molecule has 0 bridgehead atoms. The number of ether oxygens (including phenoxy) is 2. The fourth-order valence-corrected chi connectivity index (χ4v) is 1.75. The molecule has 0 aliphatic heterocycles. The van der Waals surface area contributed by atoms with E-state index in [9.17, 15) is 29.4 Å². The standard InChI is InChI=1S/C11H9FN2O7/c1-20-10(15)11(2-3-11)21-9-4-6(12)7(13(16)17)5-8(9)14(18)19/h4-5H,2-3H2,1H3. The molecule has 1 aromatic carbocycles. The van der Waals surface area contributed by atoms with Crippen molar-refractivity contribution < 1.29 is 28.5 Å². The molecule has 9 nitrogen and oxygen atoms in total. The summed E-state index contributed by atoms with van der Waals surface area (Å²) in [6.07, 6.45) is 0.519. The van der Waals surface area contributed by atoms with Gasteiger partial charge in [-0.2, -0.15) is 4.39 Å². The second-order valence-corrected chi connectivity index (χ2v) is 4.37. The molecule has 0 spiro atoms. The molecule has 1 fully saturated rings. The van der Waals surface area contributed by atoms with Crippen LogP contribution in [0.3, 0.4) is 0 Å². The Labute approximate surface area is 116 Å². The van der Waals surface area contributed by atoms with Crippen molar-refractivity contribution in [2.24, 2.45) is 0 Å². The second kappa shape index (κ2) is 4.96. The summed E-state index contributed by atoms with van der Waals surface area (Å²) in [5, 5.41) is 21.5. The number of hydrogen-bond donors (Lipinski definition) is 0. The number of carbonyl (C=O) groups is 1. The molecule has 0 N–H and O–H groups in total. The first-order valence-electron chi connectivity index (χ1n) is 5.70. The molecule has 0 saturated heterocycles. The maximum atomic E-state index is 13.6. The average Bonchev–Trinajstić information content (AvgIpc) is 3.18. The lowest BCUT2D eigenvalue weighted by Crippen LogP contribution is -2.31. The minimum absolute atomic E-state index is 0.259. The lowest BCUT2D eigenvalue weighted by molar-refractivity contribution is -0.396. The molecule has 0 atom stereocenters. The van der Waals surface area contributed by atoms with E-state index < -0.39 is 44.4 Å². The Morgan fingerprint density at radius 3 is 2.24 bits per heavy atom. The molecular formula is C11H9FN2O7. The smallest absolute Gasteiger partial charge is 0.350 e. The molecule has 0 heterocycles. The second-order valence-electron chi connectivity index (χ2n) is 4.37. The van der Waals surface area contributed by atoms with E-state index in [1.54, 1.807) is 0 Å². The zero-order valence-corrected chi connectivity index (χ0v) is 10.7. The van der Waals surface area contributed by atoms with Crippen LogP contribution in [-0.4, -0.2) is 28.5 Å². The first-order chi connectivity index (χ1) is 9.80. The van der Waals surface area contributed by atoms with Crippen LogP contribution in [0.25, 0.3) is 0 Å². The SMILES string of the molecule is COC(=O)C1(Oc2cc(F)c([N+](=O)[O-])cc2[N+](=O)[O-])CC1. The molecule has 0 radical (unpaired) electrons.